The van der Waals surface area contributed by atoms with Crippen LogP contribution in [0, 0.1) is 17.7 Å². The van der Waals surface area contributed by atoms with Gasteiger partial charge in [0.05, 0.1) is 17.9 Å². The van der Waals surface area contributed by atoms with E-state index < -0.39 is 11.4 Å². The van der Waals surface area contributed by atoms with E-state index in [1.807, 2.05) is 4.90 Å². The lowest BCUT2D eigenvalue weighted by Crippen LogP contribution is -2.40. The van der Waals surface area contributed by atoms with Gasteiger partial charge in [-0.15, -0.1) is 0 Å². The maximum atomic E-state index is 14.7. The third-order valence-electron chi connectivity index (χ3n) is 6.75. The van der Waals surface area contributed by atoms with Gasteiger partial charge >= 0.3 is 0 Å². The van der Waals surface area contributed by atoms with E-state index in [-0.39, 0.29) is 11.3 Å². The van der Waals surface area contributed by atoms with Gasteiger partial charge in [-0.25, -0.2) is 9.37 Å². The molecule has 3 fully saturated rings. The molecule has 1 N–H and O–H groups in total. The first-order valence-electron chi connectivity index (χ1n) is 11.9. The minimum absolute atomic E-state index is 0.0333. The van der Waals surface area contributed by atoms with Crippen molar-refractivity contribution in [1.82, 2.24) is 14.9 Å². The summed E-state index contributed by atoms with van der Waals surface area (Å²) in [5, 5.41) is 0.450. The number of benzene rings is 1. The van der Waals surface area contributed by atoms with Crippen molar-refractivity contribution in [3.63, 3.8) is 0 Å². The Morgan fingerprint density at radius 3 is 2.67 bits per heavy atom. The van der Waals surface area contributed by atoms with Gasteiger partial charge in [-0.2, -0.15) is 11.8 Å². The monoisotopic (exact) mass is 475 g/mol. The first-order valence-corrected chi connectivity index (χ1v) is 12.9. The van der Waals surface area contributed by atoms with E-state index in [1.165, 1.54) is 6.07 Å². The molecule has 0 atom stereocenters. The fourth-order valence-corrected chi connectivity index (χ4v) is 5.62. The molecule has 0 radical (unpaired) electrons. The number of hydrogen-bond donors (Lipinski definition) is 1. The van der Waals surface area contributed by atoms with Gasteiger partial charge in [-0.1, -0.05) is 0 Å². The van der Waals surface area contributed by atoms with Gasteiger partial charge in [0.25, 0.3) is 5.56 Å². The van der Waals surface area contributed by atoms with Crippen molar-refractivity contribution in [2.75, 3.05) is 32.9 Å². The molecule has 7 nitrogen and oxygen atoms in total. The quantitative estimate of drug-likeness (QED) is 0.660. The van der Waals surface area contributed by atoms with Crippen molar-refractivity contribution in [2.45, 2.75) is 49.5 Å². The Kier molecular flexibility index (Phi) is 6.87. The summed E-state index contributed by atoms with van der Waals surface area (Å²) in [6.45, 7) is 3.52. The predicted octanol–water partition coefficient (Wildman–Crippen LogP) is 3.50. The molecule has 2 aliphatic heterocycles. The highest BCUT2D eigenvalue weighted by atomic mass is 32.2. The van der Waals surface area contributed by atoms with Gasteiger partial charge in [-0.05, 0) is 44.4 Å². The van der Waals surface area contributed by atoms with Crippen molar-refractivity contribution in [1.29, 1.82) is 0 Å². The summed E-state index contributed by atoms with van der Waals surface area (Å²) < 4.78 is 26.0. The number of H-pyrrole nitrogens is 1. The molecule has 0 bridgehead atoms. The van der Waals surface area contributed by atoms with Crippen molar-refractivity contribution >= 4 is 28.6 Å². The van der Waals surface area contributed by atoms with Crippen LogP contribution in [0.25, 0.3) is 10.9 Å². The van der Waals surface area contributed by atoms with E-state index in [0.717, 1.165) is 64.8 Å². The molecule has 0 unspecified atom stereocenters. The Bertz CT molecular complexity index is 1060. The molecule has 1 aliphatic carbocycles. The SMILES string of the molecule is O=C(C1CC1)N1CCC(COc2cc(F)c3c(=O)[nH]c(CSC4CCOCC4)nc3c2)CC1. The lowest BCUT2D eigenvalue weighted by Gasteiger charge is -2.32. The minimum atomic E-state index is -0.621. The van der Waals surface area contributed by atoms with E-state index in [9.17, 15) is 14.0 Å². The zero-order valence-electron chi connectivity index (χ0n) is 18.7. The fraction of sp³-hybridized carbons (Fsp3) is 0.625. The normalized spacial score (nSPS) is 20.3. The number of amides is 1. The number of hydrogen-bond acceptors (Lipinski definition) is 6. The average molecular weight is 476 g/mol. The standard InChI is InChI=1S/C24H30FN3O4S/c25-19-11-17(32-13-15-3-7-28(8-4-15)24(30)16-1-2-16)12-20-22(19)23(29)27-21(26-20)14-33-18-5-9-31-10-6-18/h11-12,15-16,18H,1-10,13-14H2,(H,26,27,29). The first-order chi connectivity index (χ1) is 16.1. The first kappa shape index (κ1) is 22.7. The number of halogens is 1. The maximum Gasteiger partial charge on any atom is 0.261 e. The molecule has 1 aromatic heterocycles. The second kappa shape index (κ2) is 10.0. The summed E-state index contributed by atoms with van der Waals surface area (Å²) >= 11 is 1.75. The summed E-state index contributed by atoms with van der Waals surface area (Å²) in [7, 11) is 0. The molecule has 1 aromatic carbocycles. The number of carbonyl (C=O) groups is 1. The number of likely N-dealkylation sites (tertiary alicyclic amines) is 1. The summed E-state index contributed by atoms with van der Waals surface area (Å²) in [4.78, 5) is 33.9. The van der Waals surface area contributed by atoms with Crippen LogP contribution < -0.4 is 10.3 Å². The van der Waals surface area contributed by atoms with E-state index in [4.69, 9.17) is 9.47 Å². The van der Waals surface area contributed by atoms with Crippen LogP contribution in [0.3, 0.4) is 0 Å². The number of nitrogens with one attached hydrogen (secondary N) is 1. The molecule has 2 saturated heterocycles. The van der Waals surface area contributed by atoms with Crippen LogP contribution in [0.1, 0.15) is 44.3 Å². The molecule has 2 aromatic rings. The van der Waals surface area contributed by atoms with Crippen molar-refractivity contribution in [3.05, 3.63) is 34.1 Å². The van der Waals surface area contributed by atoms with E-state index in [0.29, 0.717) is 46.5 Å². The molecule has 9 heteroatoms. The summed E-state index contributed by atoms with van der Waals surface area (Å²) in [5.74, 6) is 1.77. The summed E-state index contributed by atoms with van der Waals surface area (Å²) in [6, 6.07) is 2.92. The highest BCUT2D eigenvalue weighted by molar-refractivity contribution is 7.99. The summed E-state index contributed by atoms with van der Waals surface area (Å²) in [6.07, 6.45) is 5.82. The molecule has 1 saturated carbocycles. The maximum absolute atomic E-state index is 14.7. The van der Waals surface area contributed by atoms with E-state index >= 15 is 0 Å². The van der Waals surface area contributed by atoms with Crippen LogP contribution in [-0.4, -0.2) is 58.9 Å². The molecule has 1 amide bonds. The van der Waals surface area contributed by atoms with Gasteiger partial charge in [0.15, 0.2) is 0 Å². The Labute approximate surface area is 196 Å². The second-order valence-corrected chi connectivity index (χ2v) is 10.6. The number of fused-ring (bicyclic) bond motifs is 1. The molecule has 3 heterocycles. The second-order valence-electron chi connectivity index (χ2n) is 9.29. The Balaban J connectivity index is 1.21. The van der Waals surface area contributed by atoms with Gasteiger partial charge < -0.3 is 19.4 Å². The predicted molar refractivity (Wildman–Crippen MR) is 125 cm³/mol. The number of ether oxygens (including phenoxy) is 2. The zero-order chi connectivity index (χ0) is 22.8. The molecular weight excluding hydrogens is 445 g/mol. The minimum Gasteiger partial charge on any atom is -0.493 e. The van der Waals surface area contributed by atoms with Gasteiger partial charge in [-0.3, -0.25) is 9.59 Å². The Morgan fingerprint density at radius 2 is 1.94 bits per heavy atom. The van der Waals surface area contributed by atoms with Gasteiger partial charge in [0.2, 0.25) is 5.91 Å². The Hall–Kier alpha value is -2.13. The Morgan fingerprint density at radius 1 is 1.18 bits per heavy atom. The van der Waals surface area contributed by atoms with Crippen LogP contribution in [0.2, 0.25) is 0 Å². The van der Waals surface area contributed by atoms with Crippen LogP contribution >= 0.6 is 11.8 Å². The highest BCUT2D eigenvalue weighted by Gasteiger charge is 2.35. The number of thioether (sulfide) groups is 1. The van der Waals surface area contributed by atoms with Crippen LogP contribution in [0.4, 0.5) is 4.39 Å². The van der Waals surface area contributed by atoms with Crippen molar-refractivity contribution < 1.29 is 18.7 Å². The van der Waals surface area contributed by atoms with Crippen LogP contribution in [0.15, 0.2) is 16.9 Å². The average Bonchev–Trinajstić information content (AvgIpc) is 3.67. The van der Waals surface area contributed by atoms with Crippen LogP contribution in [0.5, 0.6) is 5.75 Å². The number of rotatable bonds is 7. The third kappa shape index (κ3) is 5.51. The van der Waals surface area contributed by atoms with E-state index in [1.54, 1.807) is 17.8 Å². The topological polar surface area (TPSA) is 84.5 Å². The molecule has 3 aliphatic rings. The molecule has 33 heavy (non-hydrogen) atoms. The lowest BCUT2D eigenvalue weighted by atomic mass is 9.97. The van der Waals surface area contributed by atoms with Gasteiger partial charge in [0.1, 0.15) is 22.8 Å². The molecule has 178 valence electrons. The largest absolute Gasteiger partial charge is 0.493 e. The number of piperidine rings is 1. The smallest absolute Gasteiger partial charge is 0.261 e. The summed E-state index contributed by atoms with van der Waals surface area (Å²) in [5.41, 5.74) is -0.138. The van der Waals surface area contributed by atoms with Gasteiger partial charge in [0, 0.05) is 49.6 Å². The zero-order valence-corrected chi connectivity index (χ0v) is 19.5. The number of aromatic amines is 1. The van der Waals surface area contributed by atoms with Crippen molar-refractivity contribution in [2.24, 2.45) is 11.8 Å². The molecular formula is C24H30FN3O4S. The molecule has 0 spiro atoms. The van der Waals surface area contributed by atoms with Crippen LogP contribution in [-0.2, 0) is 15.3 Å². The third-order valence-corrected chi connectivity index (χ3v) is 8.13. The number of nitrogens with zero attached hydrogens (tertiary/aromatic N) is 2. The number of carbonyl (C=O) groups excluding carboxylic acids is 1. The number of aromatic nitrogens is 2. The van der Waals surface area contributed by atoms with E-state index in [2.05, 4.69) is 9.97 Å². The fourth-order valence-electron chi connectivity index (χ4n) is 4.56. The lowest BCUT2D eigenvalue weighted by molar-refractivity contribution is -0.134. The van der Waals surface area contributed by atoms with Crippen molar-refractivity contribution in [3.8, 4) is 5.75 Å². The highest BCUT2D eigenvalue weighted by Crippen LogP contribution is 2.33. The molecule has 5 rings (SSSR count).